The van der Waals surface area contributed by atoms with Crippen molar-refractivity contribution in [3.8, 4) is 0 Å². The van der Waals surface area contributed by atoms with E-state index in [0.29, 0.717) is 12.3 Å². The molecular formula is C12H22N2O3S2. The molecule has 0 aliphatic heterocycles. The average Bonchev–Trinajstić information content (AvgIpc) is 2.29. The van der Waals surface area contributed by atoms with Gasteiger partial charge >= 0.3 is 0 Å². The molecule has 0 bridgehead atoms. The molecule has 0 unspecified atom stereocenters. The number of rotatable bonds is 6. The number of thiol groups is 1. The highest BCUT2D eigenvalue weighted by Gasteiger charge is 2.21. The Labute approximate surface area is 124 Å². The van der Waals surface area contributed by atoms with E-state index in [2.05, 4.69) is 23.3 Å². The molecule has 0 saturated carbocycles. The van der Waals surface area contributed by atoms with Gasteiger partial charge in [0.25, 0.3) is 0 Å². The molecule has 0 aromatic carbocycles. The summed E-state index contributed by atoms with van der Waals surface area (Å²) in [6.07, 6.45) is 0. The van der Waals surface area contributed by atoms with Crippen LogP contribution in [0.2, 0.25) is 0 Å². The summed E-state index contributed by atoms with van der Waals surface area (Å²) in [5, 5.41) is 5.26. The molecule has 5 nitrogen and oxygen atoms in total. The molecule has 2 amide bonds. The first-order chi connectivity index (χ1) is 8.68. The van der Waals surface area contributed by atoms with Crippen molar-refractivity contribution in [1.82, 2.24) is 10.6 Å². The van der Waals surface area contributed by atoms with E-state index >= 15 is 0 Å². The minimum absolute atomic E-state index is 0.0920. The summed E-state index contributed by atoms with van der Waals surface area (Å²) in [7, 11) is 0. The van der Waals surface area contributed by atoms with Crippen molar-refractivity contribution >= 4 is 41.3 Å². The molecule has 110 valence electrons. The zero-order chi connectivity index (χ0) is 15.1. The second-order valence-electron chi connectivity index (χ2n) is 5.11. The minimum Gasteiger partial charge on any atom is -0.353 e. The summed E-state index contributed by atoms with van der Waals surface area (Å²) >= 11 is 5.21. The molecule has 7 heteroatoms. The predicted molar refractivity (Wildman–Crippen MR) is 81.4 cm³/mol. The summed E-state index contributed by atoms with van der Waals surface area (Å²) in [6.45, 7) is 7.30. The smallest absolute Gasteiger partial charge is 0.243 e. The highest BCUT2D eigenvalue weighted by Crippen LogP contribution is 2.22. The molecule has 2 N–H and O–H groups in total. The lowest BCUT2D eigenvalue weighted by Gasteiger charge is -2.17. The summed E-state index contributed by atoms with van der Waals surface area (Å²) in [4.78, 5) is 34.2. The maximum Gasteiger partial charge on any atom is 0.243 e. The van der Waals surface area contributed by atoms with E-state index in [1.807, 2.05) is 20.8 Å². The van der Waals surface area contributed by atoms with E-state index in [0.717, 1.165) is 0 Å². The van der Waals surface area contributed by atoms with Crippen LogP contribution in [0.5, 0.6) is 0 Å². The zero-order valence-electron chi connectivity index (χ0n) is 11.8. The van der Waals surface area contributed by atoms with Crippen LogP contribution in [0.25, 0.3) is 0 Å². The van der Waals surface area contributed by atoms with Crippen LogP contribution in [0, 0.1) is 5.41 Å². The zero-order valence-corrected chi connectivity index (χ0v) is 13.5. The van der Waals surface area contributed by atoms with Crippen molar-refractivity contribution in [3.05, 3.63) is 0 Å². The minimum atomic E-state index is -0.635. The Kier molecular flexibility index (Phi) is 8.17. The maximum atomic E-state index is 11.7. The van der Waals surface area contributed by atoms with Crippen LogP contribution in [0.3, 0.4) is 0 Å². The number of nitrogens with one attached hydrogen (secondary N) is 2. The molecule has 1 atom stereocenters. The lowest BCUT2D eigenvalue weighted by molar-refractivity contribution is -0.127. The fourth-order valence-corrected chi connectivity index (χ4v) is 2.18. The fourth-order valence-electron chi connectivity index (χ4n) is 1.10. The molecular weight excluding hydrogens is 284 g/mol. The molecule has 0 fully saturated rings. The summed E-state index contributed by atoms with van der Waals surface area (Å²) in [5.74, 6) is 0.196. The molecule has 19 heavy (non-hydrogen) atoms. The largest absolute Gasteiger partial charge is 0.353 e. The van der Waals surface area contributed by atoms with Crippen molar-refractivity contribution < 1.29 is 14.4 Å². The molecule has 0 spiro atoms. The predicted octanol–water partition coefficient (Wildman–Crippen LogP) is 0.843. The van der Waals surface area contributed by atoms with Gasteiger partial charge in [-0.1, -0.05) is 32.5 Å². The van der Waals surface area contributed by atoms with E-state index in [1.165, 1.54) is 18.7 Å². The Bertz CT molecular complexity index is 340. The molecule has 0 aliphatic rings. The van der Waals surface area contributed by atoms with Crippen LogP contribution in [-0.2, 0) is 14.4 Å². The second kappa shape index (κ2) is 8.47. The lowest BCUT2D eigenvalue weighted by Crippen LogP contribution is -2.47. The third-order valence-electron chi connectivity index (χ3n) is 2.12. The van der Waals surface area contributed by atoms with Gasteiger partial charge in [0.05, 0.1) is 0 Å². The van der Waals surface area contributed by atoms with E-state index in [9.17, 15) is 14.4 Å². The van der Waals surface area contributed by atoms with Crippen LogP contribution in [0.4, 0.5) is 0 Å². The quantitative estimate of drug-likeness (QED) is 0.502. The van der Waals surface area contributed by atoms with Gasteiger partial charge in [0, 0.05) is 30.4 Å². The molecule has 0 aromatic heterocycles. The molecule has 0 aliphatic carbocycles. The van der Waals surface area contributed by atoms with Gasteiger partial charge in [0.2, 0.25) is 11.8 Å². The number of hydrogen-bond acceptors (Lipinski definition) is 5. The Balaban J connectivity index is 3.97. The summed E-state index contributed by atoms with van der Waals surface area (Å²) in [5.41, 5.74) is -0.376. The van der Waals surface area contributed by atoms with Gasteiger partial charge < -0.3 is 10.6 Å². The summed E-state index contributed by atoms with van der Waals surface area (Å²) < 4.78 is 0. The van der Waals surface area contributed by atoms with Crippen LogP contribution < -0.4 is 10.6 Å². The van der Waals surface area contributed by atoms with Gasteiger partial charge in [-0.3, -0.25) is 14.4 Å². The number of carbonyl (C=O) groups excluding carboxylic acids is 3. The highest BCUT2D eigenvalue weighted by molar-refractivity contribution is 8.13. The van der Waals surface area contributed by atoms with E-state index in [1.54, 1.807) is 0 Å². The van der Waals surface area contributed by atoms with E-state index in [4.69, 9.17) is 0 Å². The SMILES string of the molecule is CC(=O)N[C@@H](CS)C(=O)NCCSC(=O)C(C)(C)C. The van der Waals surface area contributed by atoms with Gasteiger partial charge in [0.1, 0.15) is 6.04 Å². The molecule has 0 radical (unpaired) electrons. The van der Waals surface area contributed by atoms with Crippen molar-refractivity contribution in [2.24, 2.45) is 5.41 Å². The van der Waals surface area contributed by atoms with E-state index < -0.39 is 6.04 Å². The van der Waals surface area contributed by atoms with Crippen molar-refractivity contribution in [3.63, 3.8) is 0 Å². The Morgan fingerprint density at radius 2 is 1.84 bits per heavy atom. The number of hydrogen-bond donors (Lipinski definition) is 3. The van der Waals surface area contributed by atoms with Crippen molar-refractivity contribution in [1.29, 1.82) is 0 Å². The lowest BCUT2D eigenvalue weighted by atomic mass is 10.00. The van der Waals surface area contributed by atoms with Crippen LogP contribution in [0.1, 0.15) is 27.7 Å². The average molecular weight is 306 g/mol. The number of thioether (sulfide) groups is 1. The third-order valence-corrected chi connectivity index (χ3v) is 3.77. The molecule has 0 heterocycles. The molecule has 0 rings (SSSR count). The molecule has 0 saturated heterocycles. The normalized spacial score (nSPS) is 12.7. The first-order valence-corrected chi connectivity index (χ1v) is 7.63. The van der Waals surface area contributed by atoms with Gasteiger partial charge in [-0.25, -0.2) is 0 Å². The Morgan fingerprint density at radius 3 is 2.26 bits per heavy atom. The second-order valence-corrected chi connectivity index (χ2v) is 6.55. The monoisotopic (exact) mass is 306 g/mol. The maximum absolute atomic E-state index is 11.7. The first kappa shape index (κ1) is 18.3. The van der Waals surface area contributed by atoms with E-state index in [-0.39, 0.29) is 28.1 Å². The van der Waals surface area contributed by atoms with Crippen molar-refractivity contribution in [2.45, 2.75) is 33.7 Å². The third kappa shape index (κ3) is 8.15. The first-order valence-electron chi connectivity index (χ1n) is 6.01. The van der Waals surface area contributed by atoms with Crippen LogP contribution in [0.15, 0.2) is 0 Å². The van der Waals surface area contributed by atoms with Crippen LogP contribution >= 0.6 is 24.4 Å². The number of amides is 2. The van der Waals surface area contributed by atoms with Crippen LogP contribution in [-0.4, -0.2) is 41.0 Å². The standard InChI is InChI=1S/C12H22N2O3S2/c1-8(15)14-9(7-18)10(16)13-5-6-19-11(17)12(2,3)4/h9,18H,5-7H2,1-4H3,(H,13,16)(H,14,15)/t9-/m0/s1. The Hall–Kier alpha value is -0.690. The van der Waals surface area contributed by atoms with Gasteiger partial charge in [-0.05, 0) is 0 Å². The highest BCUT2D eigenvalue weighted by atomic mass is 32.2. The van der Waals surface area contributed by atoms with Gasteiger partial charge in [-0.15, -0.1) is 0 Å². The number of carbonyl (C=O) groups is 3. The van der Waals surface area contributed by atoms with Gasteiger partial charge in [-0.2, -0.15) is 12.6 Å². The van der Waals surface area contributed by atoms with Crippen molar-refractivity contribution in [2.75, 3.05) is 18.1 Å². The Morgan fingerprint density at radius 1 is 1.26 bits per heavy atom. The topological polar surface area (TPSA) is 75.3 Å². The summed E-state index contributed by atoms with van der Waals surface area (Å²) in [6, 6.07) is -0.635. The molecule has 0 aromatic rings. The van der Waals surface area contributed by atoms with Gasteiger partial charge in [0.15, 0.2) is 5.12 Å². The fraction of sp³-hybridized carbons (Fsp3) is 0.750.